The number of sulfonamides is 1. The summed E-state index contributed by atoms with van der Waals surface area (Å²) in [5.41, 5.74) is 1.41. The predicted molar refractivity (Wildman–Crippen MR) is 115 cm³/mol. The predicted octanol–water partition coefficient (Wildman–Crippen LogP) is 2.73. The molecule has 1 N–H and O–H groups in total. The molecule has 0 saturated carbocycles. The van der Waals surface area contributed by atoms with Gasteiger partial charge >= 0.3 is 5.97 Å². The molecule has 1 aliphatic rings. The molecule has 0 bridgehead atoms. The molecular weight excluding hydrogens is 439 g/mol. The van der Waals surface area contributed by atoms with Gasteiger partial charge in [-0.1, -0.05) is 6.07 Å². The maximum Gasteiger partial charge on any atom is 0.309 e. The van der Waals surface area contributed by atoms with Crippen LogP contribution >= 0.6 is 0 Å². The van der Waals surface area contributed by atoms with E-state index in [-0.39, 0.29) is 30.8 Å². The monoisotopic (exact) mass is 464 g/mol. The topological polar surface area (TPSA) is 102 Å². The van der Waals surface area contributed by atoms with Crippen LogP contribution in [0.3, 0.4) is 0 Å². The van der Waals surface area contributed by atoms with Crippen molar-refractivity contribution >= 4 is 27.6 Å². The van der Waals surface area contributed by atoms with Crippen LogP contribution in [-0.2, 0) is 24.3 Å². The van der Waals surface area contributed by atoms with Crippen molar-refractivity contribution in [3.63, 3.8) is 0 Å². The van der Waals surface area contributed by atoms with Crippen LogP contribution < -0.4 is 10.1 Å². The summed E-state index contributed by atoms with van der Waals surface area (Å²) in [6, 6.07) is 9.93. The number of methoxy groups -OCH3 is 1. The van der Waals surface area contributed by atoms with E-state index in [9.17, 15) is 22.4 Å². The van der Waals surface area contributed by atoms with Gasteiger partial charge in [0.05, 0.1) is 23.6 Å². The molecule has 2 aromatic carbocycles. The second-order valence-electron chi connectivity index (χ2n) is 7.49. The number of benzene rings is 2. The highest BCUT2D eigenvalue weighted by molar-refractivity contribution is 7.89. The van der Waals surface area contributed by atoms with E-state index in [1.54, 1.807) is 12.1 Å². The van der Waals surface area contributed by atoms with E-state index in [1.807, 2.05) is 13.0 Å². The summed E-state index contributed by atoms with van der Waals surface area (Å²) in [6.07, 6.45) is 0.541. The van der Waals surface area contributed by atoms with Gasteiger partial charge in [0.1, 0.15) is 11.6 Å². The van der Waals surface area contributed by atoms with E-state index in [1.165, 1.54) is 23.5 Å². The second kappa shape index (κ2) is 10.1. The quantitative estimate of drug-likeness (QED) is 0.633. The average Bonchev–Trinajstić information content (AvgIpc) is 2.78. The first-order valence-electron chi connectivity index (χ1n) is 10.1. The van der Waals surface area contributed by atoms with Crippen LogP contribution in [0.2, 0.25) is 0 Å². The lowest BCUT2D eigenvalue weighted by Crippen LogP contribution is -2.40. The molecular formula is C22H25FN2O6S. The van der Waals surface area contributed by atoms with Crippen LogP contribution in [0.4, 0.5) is 10.1 Å². The van der Waals surface area contributed by atoms with E-state index in [4.69, 9.17) is 9.47 Å². The van der Waals surface area contributed by atoms with E-state index < -0.39 is 40.2 Å². The zero-order valence-corrected chi connectivity index (χ0v) is 18.7. The number of anilines is 1. The molecule has 1 amide bonds. The molecule has 0 radical (unpaired) electrons. The normalized spacial score (nSPS) is 15.2. The molecule has 172 valence electrons. The van der Waals surface area contributed by atoms with Gasteiger partial charge in [-0.05, 0) is 61.7 Å². The minimum Gasteiger partial charge on any atom is -0.495 e. The minimum atomic E-state index is -3.76. The van der Waals surface area contributed by atoms with Crippen molar-refractivity contribution in [1.29, 1.82) is 0 Å². The summed E-state index contributed by atoms with van der Waals surface area (Å²) in [5, 5.41) is 2.65. The molecule has 32 heavy (non-hydrogen) atoms. The summed E-state index contributed by atoms with van der Waals surface area (Å²) < 4.78 is 50.0. The first kappa shape index (κ1) is 23.7. The molecule has 3 rings (SSSR count). The van der Waals surface area contributed by atoms with Gasteiger partial charge in [0.25, 0.3) is 5.91 Å². The molecule has 2 aromatic rings. The number of amides is 1. The summed E-state index contributed by atoms with van der Waals surface area (Å²) in [6.45, 7) is 1.68. The van der Waals surface area contributed by atoms with Crippen molar-refractivity contribution in [2.45, 2.75) is 24.7 Å². The van der Waals surface area contributed by atoms with Gasteiger partial charge in [-0.15, -0.1) is 0 Å². The maximum atomic E-state index is 13.1. The van der Waals surface area contributed by atoms with Gasteiger partial charge in [-0.3, -0.25) is 9.59 Å². The molecule has 0 aromatic heterocycles. The molecule has 1 fully saturated rings. The van der Waals surface area contributed by atoms with Crippen molar-refractivity contribution in [2.75, 3.05) is 32.1 Å². The number of ether oxygens (including phenoxy) is 2. The Balaban J connectivity index is 1.50. The molecule has 8 nitrogen and oxygen atoms in total. The summed E-state index contributed by atoms with van der Waals surface area (Å²) in [4.78, 5) is 24.5. The Hall–Kier alpha value is -2.98. The van der Waals surface area contributed by atoms with Crippen molar-refractivity contribution < 1.29 is 31.9 Å². The number of hydrogen-bond donors (Lipinski definition) is 1. The highest BCUT2D eigenvalue weighted by Gasteiger charge is 2.33. The molecule has 0 atom stereocenters. The van der Waals surface area contributed by atoms with Gasteiger partial charge in [-0.2, -0.15) is 4.31 Å². The Labute approximate surface area is 186 Å². The van der Waals surface area contributed by atoms with E-state index in [0.29, 0.717) is 11.4 Å². The van der Waals surface area contributed by atoms with Crippen molar-refractivity contribution in [3.05, 3.63) is 53.8 Å². The molecule has 0 unspecified atom stereocenters. The fourth-order valence-electron chi connectivity index (χ4n) is 3.45. The van der Waals surface area contributed by atoms with Gasteiger partial charge < -0.3 is 14.8 Å². The van der Waals surface area contributed by atoms with Crippen LogP contribution in [0.25, 0.3) is 0 Å². The molecule has 1 aliphatic heterocycles. The lowest BCUT2D eigenvalue weighted by molar-refractivity contribution is -0.152. The fraction of sp³-hybridized carbons (Fsp3) is 0.364. The molecule has 1 heterocycles. The van der Waals surface area contributed by atoms with E-state index in [2.05, 4.69) is 5.32 Å². The third-order valence-corrected chi connectivity index (χ3v) is 7.13. The maximum absolute atomic E-state index is 13.1. The molecule has 1 saturated heterocycles. The Bertz CT molecular complexity index is 1080. The number of halogens is 1. The largest absolute Gasteiger partial charge is 0.495 e. The van der Waals surface area contributed by atoms with Crippen molar-refractivity contribution in [1.82, 2.24) is 4.31 Å². The first-order chi connectivity index (χ1) is 15.2. The average molecular weight is 465 g/mol. The summed E-state index contributed by atoms with van der Waals surface area (Å²) >= 11 is 0. The number of nitrogens with zero attached hydrogens (tertiary/aromatic N) is 1. The smallest absolute Gasteiger partial charge is 0.309 e. The highest BCUT2D eigenvalue weighted by atomic mass is 32.2. The lowest BCUT2D eigenvalue weighted by atomic mass is 9.98. The molecule has 0 spiro atoms. The van der Waals surface area contributed by atoms with Gasteiger partial charge in [0, 0.05) is 13.1 Å². The van der Waals surface area contributed by atoms with Crippen LogP contribution in [0.5, 0.6) is 5.75 Å². The van der Waals surface area contributed by atoms with Crippen molar-refractivity contribution in [2.24, 2.45) is 5.92 Å². The number of carbonyl (C=O) groups is 2. The SMILES string of the molecule is COc1ccc(C)cc1NC(=O)COC(=O)C1CCN(S(=O)(=O)c2ccc(F)cc2)CC1. The van der Waals surface area contributed by atoms with Gasteiger partial charge in [0.2, 0.25) is 10.0 Å². The fourth-order valence-corrected chi connectivity index (χ4v) is 4.92. The third kappa shape index (κ3) is 5.63. The Morgan fingerprint density at radius 3 is 2.41 bits per heavy atom. The Morgan fingerprint density at radius 2 is 1.78 bits per heavy atom. The van der Waals surface area contributed by atoms with Crippen LogP contribution in [0.1, 0.15) is 18.4 Å². The summed E-state index contributed by atoms with van der Waals surface area (Å²) in [5.74, 6) is -1.58. The number of aryl methyl sites for hydroxylation is 1. The lowest BCUT2D eigenvalue weighted by Gasteiger charge is -2.30. The number of carbonyl (C=O) groups excluding carboxylic acids is 2. The van der Waals surface area contributed by atoms with Crippen LogP contribution in [0, 0.1) is 18.7 Å². The number of nitrogens with one attached hydrogen (secondary N) is 1. The van der Waals surface area contributed by atoms with Crippen molar-refractivity contribution in [3.8, 4) is 5.75 Å². The number of piperidine rings is 1. The second-order valence-corrected chi connectivity index (χ2v) is 9.43. The highest BCUT2D eigenvalue weighted by Crippen LogP contribution is 2.26. The van der Waals surface area contributed by atoms with Crippen LogP contribution in [-0.4, -0.2) is 51.4 Å². The minimum absolute atomic E-state index is 0.00294. The van der Waals surface area contributed by atoms with Crippen LogP contribution in [0.15, 0.2) is 47.4 Å². The first-order valence-corrected chi connectivity index (χ1v) is 11.5. The number of esters is 1. The molecule has 0 aliphatic carbocycles. The molecule has 10 heteroatoms. The van der Waals surface area contributed by atoms with Gasteiger partial charge in [0.15, 0.2) is 6.61 Å². The zero-order valence-electron chi connectivity index (χ0n) is 17.8. The van der Waals surface area contributed by atoms with E-state index >= 15 is 0 Å². The zero-order chi connectivity index (χ0) is 23.3. The number of rotatable bonds is 7. The van der Waals surface area contributed by atoms with Gasteiger partial charge in [-0.25, -0.2) is 12.8 Å². The Morgan fingerprint density at radius 1 is 1.12 bits per heavy atom. The summed E-state index contributed by atoms with van der Waals surface area (Å²) in [7, 11) is -2.27. The standard InChI is InChI=1S/C22H25FN2O6S/c1-15-3-8-20(30-2)19(13-15)24-21(26)14-31-22(27)16-9-11-25(12-10-16)32(28,29)18-6-4-17(23)5-7-18/h3-8,13,16H,9-12,14H2,1-2H3,(H,24,26). The Kier molecular flexibility index (Phi) is 7.47. The number of hydrogen-bond acceptors (Lipinski definition) is 6. The third-order valence-electron chi connectivity index (χ3n) is 5.21. The van der Waals surface area contributed by atoms with E-state index in [0.717, 1.165) is 17.7 Å².